The number of hydrogen-bond acceptors (Lipinski definition) is 6. The molecule has 0 unspecified atom stereocenters. The molecular formula is C27H22ClFN6O4. The molecule has 3 amide bonds. The maximum absolute atomic E-state index is 14.9. The summed E-state index contributed by atoms with van der Waals surface area (Å²) in [6.07, 6.45) is 4.06. The molecule has 2 aliphatic carbocycles. The summed E-state index contributed by atoms with van der Waals surface area (Å²) in [5.74, 6) is -1.36. The van der Waals surface area contributed by atoms with E-state index in [9.17, 15) is 18.8 Å². The molecule has 2 saturated carbocycles. The van der Waals surface area contributed by atoms with Gasteiger partial charge in [-0.2, -0.15) is 0 Å². The van der Waals surface area contributed by atoms with Crippen LogP contribution in [0.25, 0.3) is 5.65 Å². The van der Waals surface area contributed by atoms with Crippen LogP contribution in [0.1, 0.15) is 25.7 Å². The highest BCUT2D eigenvalue weighted by atomic mass is 35.5. The van der Waals surface area contributed by atoms with Crippen LogP contribution in [0.4, 0.5) is 21.6 Å². The standard InChI is InChI=1S/C27H22ClFN6O4/c28-16-2-1-3-17(12-16)30-25(37)27(10-11-27)26(38)31-18-6-7-20(19(29)13-18)39-23-9-8-22-32-21(14-35(22)34-23)33-24(36)15-4-5-15/h1-3,6-9,12-15H,4-5,10-11H2,(H,30,37)(H,31,38)(H,33,36). The summed E-state index contributed by atoms with van der Waals surface area (Å²) in [4.78, 5) is 42.0. The van der Waals surface area contributed by atoms with Crippen molar-refractivity contribution in [1.82, 2.24) is 14.6 Å². The Labute approximate surface area is 226 Å². The van der Waals surface area contributed by atoms with E-state index in [0.717, 1.165) is 18.9 Å². The number of aromatic nitrogens is 3. The number of benzene rings is 2. The van der Waals surface area contributed by atoms with Crippen LogP contribution in [0.2, 0.25) is 5.02 Å². The van der Waals surface area contributed by atoms with Gasteiger partial charge in [-0.15, -0.1) is 5.10 Å². The Bertz CT molecular complexity index is 1630. The number of anilines is 3. The van der Waals surface area contributed by atoms with Crippen molar-refractivity contribution < 1.29 is 23.5 Å². The fourth-order valence-corrected chi connectivity index (χ4v) is 4.27. The van der Waals surface area contributed by atoms with Gasteiger partial charge in [-0.3, -0.25) is 14.4 Å². The fourth-order valence-electron chi connectivity index (χ4n) is 4.08. The van der Waals surface area contributed by atoms with Crippen molar-refractivity contribution in [2.75, 3.05) is 16.0 Å². The zero-order valence-electron chi connectivity index (χ0n) is 20.4. The highest BCUT2D eigenvalue weighted by Gasteiger charge is 2.56. The number of imidazole rings is 1. The minimum atomic E-state index is -1.23. The molecule has 2 aliphatic rings. The molecule has 0 saturated heterocycles. The van der Waals surface area contributed by atoms with Crippen molar-refractivity contribution in [3.05, 3.63) is 71.6 Å². The van der Waals surface area contributed by atoms with Crippen LogP contribution in [-0.2, 0) is 14.4 Å². The van der Waals surface area contributed by atoms with Gasteiger partial charge >= 0.3 is 0 Å². The first-order valence-electron chi connectivity index (χ1n) is 12.3. The van der Waals surface area contributed by atoms with E-state index in [2.05, 4.69) is 26.0 Å². The molecule has 2 fully saturated rings. The van der Waals surface area contributed by atoms with Gasteiger partial charge in [0.05, 0.1) is 6.20 Å². The van der Waals surface area contributed by atoms with E-state index in [-0.39, 0.29) is 29.1 Å². The Morgan fingerprint density at radius 3 is 2.38 bits per heavy atom. The molecule has 0 radical (unpaired) electrons. The number of carbonyl (C=O) groups is 3. The van der Waals surface area contributed by atoms with E-state index in [1.54, 1.807) is 36.5 Å². The van der Waals surface area contributed by atoms with Crippen LogP contribution in [-0.4, -0.2) is 32.3 Å². The number of halogens is 2. The predicted octanol–water partition coefficient (Wildman–Crippen LogP) is 5.02. The largest absolute Gasteiger partial charge is 0.434 e. The number of hydrogen-bond donors (Lipinski definition) is 3. The van der Waals surface area contributed by atoms with Crippen molar-refractivity contribution in [3.8, 4) is 11.6 Å². The molecular weight excluding hydrogens is 527 g/mol. The SMILES string of the molecule is O=C(Nc1cn2nc(Oc3ccc(NC(=O)C4(C(=O)Nc5cccc(Cl)c5)CC4)cc3F)ccc2n1)C1CC1. The zero-order valence-corrected chi connectivity index (χ0v) is 21.2. The van der Waals surface area contributed by atoms with E-state index >= 15 is 0 Å². The first-order chi connectivity index (χ1) is 18.8. The molecule has 10 nitrogen and oxygen atoms in total. The molecule has 0 spiro atoms. The highest BCUT2D eigenvalue weighted by molar-refractivity contribution is 6.31. The Morgan fingerprint density at radius 2 is 1.72 bits per heavy atom. The van der Waals surface area contributed by atoms with Crippen LogP contribution < -0.4 is 20.7 Å². The normalized spacial score (nSPS) is 15.4. The zero-order chi connectivity index (χ0) is 27.1. The smallest absolute Gasteiger partial charge is 0.240 e. The van der Waals surface area contributed by atoms with E-state index in [0.29, 0.717) is 35.0 Å². The van der Waals surface area contributed by atoms with Crippen LogP contribution >= 0.6 is 11.6 Å². The maximum atomic E-state index is 14.9. The van der Waals surface area contributed by atoms with Gasteiger partial charge in [0.25, 0.3) is 0 Å². The first-order valence-corrected chi connectivity index (χ1v) is 12.7. The van der Waals surface area contributed by atoms with Crippen molar-refractivity contribution in [1.29, 1.82) is 0 Å². The third-order valence-electron chi connectivity index (χ3n) is 6.60. The van der Waals surface area contributed by atoms with Crippen LogP contribution in [0.3, 0.4) is 0 Å². The first kappa shape index (κ1) is 24.8. The molecule has 2 aromatic heterocycles. The number of carbonyl (C=O) groups excluding carboxylic acids is 3. The van der Waals surface area contributed by atoms with E-state index in [4.69, 9.17) is 16.3 Å². The Balaban J connectivity index is 1.10. The molecule has 12 heteroatoms. The summed E-state index contributed by atoms with van der Waals surface area (Å²) in [7, 11) is 0. The molecule has 3 N–H and O–H groups in total. The van der Waals surface area contributed by atoms with Gasteiger partial charge in [0.1, 0.15) is 5.41 Å². The van der Waals surface area contributed by atoms with Crippen molar-refractivity contribution in [3.63, 3.8) is 0 Å². The summed E-state index contributed by atoms with van der Waals surface area (Å²) in [5.41, 5.74) is -0.0725. The molecule has 0 atom stereocenters. The minimum absolute atomic E-state index is 0.0401. The second-order valence-electron chi connectivity index (χ2n) is 9.61. The van der Waals surface area contributed by atoms with Crippen LogP contribution in [0.5, 0.6) is 11.6 Å². The number of amides is 3. The number of rotatable bonds is 8. The highest BCUT2D eigenvalue weighted by Crippen LogP contribution is 2.47. The van der Waals surface area contributed by atoms with Gasteiger partial charge in [-0.05, 0) is 62.1 Å². The lowest BCUT2D eigenvalue weighted by Crippen LogP contribution is -2.35. The summed E-state index contributed by atoms with van der Waals surface area (Å²) in [6, 6.07) is 13.7. The summed E-state index contributed by atoms with van der Waals surface area (Å²) in [6.45, 7) is 0. The molecule has 2 aromatic carbocycles. The summed E-state index contributed by atoms with van der Waals surface area (Å²) < 4.78 is 21.9. The van der Waals surface area contributed by atoms with Crippen LogP contribution in [0, 0.1) is 17.2 Å². The van der Waals surface area contributed by atoms with Gasteiger partial charge < -0.3 is 20.7 Å². The average Bonchev–Trinajstić information content (AvgIpc) is 3.82. The number of nitrogens with one attached hydrogen (secondary N) is 3. The Kier molecular flexibility index (Phi) is 6.15. The molecule has 2 heterocycles. The molecule has 0 aliphatic heterocycles. The van der Waals surface area contributed by atoms with Crippen molar-refractivity contribution in [2.45, 2.75) is 25.7 Å². The lowest BCUT2D eigenvalue weighted by molar-refractivity contribution is -0.131. The molecule has 39 heavy (non-hydrogen) atoms. The van der Waals surface area contributed by atoms with Gasteiger partial charge in [-0.25, -0.2) is 13.9 Å². The lowest BCUT2D eigenvalue weighted by Gasteiger charge is -2.16. The molecule has 6 rings (SSSR count). The minimum Gasteiger partial charge on any atom is -0.434 e. The van der Waals surface area contributed by atoms with Crippen molar-refractivity contribution >= 4 is 52.2 Å². The number of fused-ring (bicyclic) bond motifs is 1. The van der Waals surface area contributed by atoms with Gasteiger partial charge in [-0.1, -0.05) is 17.7 Å². The van der Waals surface area contributed by atoms with Crippen molar-refractivity contribution in [2.24, 2.45) is 11.3 Å². The fraction of sp³-hybridized carbons (Fsp3) is 0.222. The monoisotopic (exact) mass is 548 g/mol. The summed E-state index contributed by atoms with van der Waals surface area (Å²) >= 11 is 5.96. The summed E-state index contributed by atoms with van der Waals surface area (Å²) in [5, 5.41) is 12.8. The number of ether oxygens (including phenoxy) is 1. The van der Waals surface area contributed by atoms with E-state index in [1.807, 2.05) is 0 Å². The lowest BCUT2D eigenvalue weighted by atomic mass is 10.0. The van der Waals surface area contributed by atoms with Gasteiger partial charge in [0.15, 0.2) is 23.0 Å². The van der Waals surface area contributed by atoms with Crippen LogP contribution in [0.15, 0.2) is 60.8 Å². The third kappa shape index (κ3) is 5.26. The second-order valence-corrected chi connectivity index (χ2v) is 10.0. The predicted molar refractivity (Wildman–Crippen MR) is 141 cm³/mol. The maximum Gasteiger partial charge on any atom is 0.240 e. The molecule has 0 bridgehead atoms. The Morgan fingerprint density at radius 1 is 0.974 bits per heavy atom. The van der Waals surface area contributed by atoms with Gasteiger partial charge in [0, 0.05) is 34.4 Å². The average molecular weight is 549 g/mol. The quantitative estimate of drug-likeness (QED) is 0.265. The second kappa shape index (κ2) is 9.66. The third-order valence-corrected chi connectivity index (χ3v) is 6.84. The van der Waals surface area contributed by atoms with Gasteiger partial charge in [0.2, 0.25) is 23.6 Å². The van der Waals surface area contributed by atoms with E-state index < -0.39 is 23.0 Å². The topological polar surface area (TPSA) is 127 Å². The molecule has 198 valence electrons. The van der Waals surface area contributed by atoms with E-state index in [1.165, 1.54) is 22.7 Å². The number of nitrogens with zero attached hydrogens (tertiary/aromatic N) is 3. The molecule has 4 aromatic rings. The Hall–Kier alpha value is -4.51.